The summed E-state index contributed by atoms with van der Waals surface area (Å²) >= 11 is 0. The molecule has 2 rings (SSSR count). The Labute approximate surface area is 151 Å². The minimum Gasteiger partial charge on any atom is -0.342 e. The van der Waals surface area contributed by atoms with E-state index in [9.17, 15) is 13.2 Å². The van der Waals surface area contributed by atoms with Gasteiger partial charge in [0.1, 0.15) is 0 Å². The van der Waals surface area contributed by atoms with Gasteiger partial charge in [-0.25, -0.2) is 13.1 Å². The fourth-order valence-corrected chi connectivity index (χ4v) is 5.03. The summed E-state index contributed by atoms with van der Waals surface area (Å²) in [5, 5.41) is 0. The molecule has 0 spiro atoms. The number of piperidine rings is 1. The van der Waals surface area contributed by atoms with Crippen LogP contribution in [0.15, 0.2) is 23.1 Å². The van der Waals surface area contributed by atoms with Crippen LogP contribution < -0.4 is 4.72 Å². The maximum absolute atomic E-state index is 12.7. The standard InChI is InChI=1S/C19H30N2O3S/c1-5-16(6-2)19(22)21-11-9-17(10-12-21)20-25(23,24)18-13-14(3)7-8-15(18)4/h7-8,13,16-17,20H,5-6,9-12H2,1-4H3. The highest BCUT2D eigenvalue weighted by Crippen LogP contribution is 2.21. The molecule has 1 fully saturated rings. The molecular formula is C19H30N2O3S. The number of carbonyl (C=O) groups is 1. The predicted octanol–water partition coefficient (Wildman–Crippen LogP) is 3.01. The van der Waals surface area contributed by atoms with E-state index < -0.39 is 10.0 Å². The van der Waals surface area contributed by atoms with Crippen LogP contribution in [0.2, 0.25) is 0 Å². The van der Waals surface area contributed by atoms with Gasteiger partial charge in [0.05, 0.1) is 4.90 Å². The number of sulfonamides is 1. The van der Waals surface area contributed by atoms with Crippen molar-refractivity contribution in [3.8, 4) is 0 Å². The number of nitrogens with zero attached hydrogens (tertiary/aromatic N) is 1. The van der Waals surface area contributed by atoms with Crippen molar-refractivity contribution in [3.05, 3.63) is 29.3 Å². The molecule has 1 saturated heterocycles. The Kier molecular flexibility index (Phi) is 6.63. The van der Waals surface area contributed by atoms with Crippen LogP contribution in [-0.4, -0.2) is 38.4 Å². The molecule has 0 aliphatic carbocycles. The van der Waals surface area contributed by atoms with Crippen LogP contribution in [-0.2, 0) is 14.8 Å². The van der Waals surface area contributed by atoms with Gasteiger partial charge in [0.15, 0.2) is 0 Å². The molecule has 6 heteroatoms. The van der Waals surface area contributed by atoms with Crippen LogP contribution in [0.5, 0.6) is 0 Å². The summed E-state index contributed by atoms with van der Waals surface area (Å²) in [4.78, 5) is 14.7. The highest BCUT2D eigenvalue weighted by Gasteiger charge is 2.29. The molecule has 1 amide bonds. The van der Waals surface area contributed by atoms with E-state index in [1.165, 1.54) is 0 Å². The topological polar surface area (TPSA) is 66.5 Å². The maximum atomic E-state index is 12.7. The van der Waals surface area contributed by atoms with Crippen LogP contribution in [0, 0.1) is 19.8 Å². The van der Waals surface area contributed by atoms with Crippen molar-refractivity contribution in [2.75, 3.05) is 13.1 Å². The molecule has 5 nitrogen and oxygen atoms in total. The first-order valence-electron chi connectivity index (χ1n) is 9.16. The van der Waals surface area contributed by atoms with Crippen LogP contribution in [0.4, 0.5) is 0 Å². The third-order valence-corrected chi connectivity index (χ3v) is 6.76. The van der Waals surface area contributed by atoms with Gasteiger partial charge in [-0.1, -0.05) is 26.0 Å². The average Bonchev–Trinajstić information content (AvgIpc) is 2.58. The van der Waals surface area contributed by atoms with Gasteiger partial charge in [-0.3, -0.25) is 4.79 Å². The Morgan fingerprint density at radius 2 is 1.80 bits per heavy atom. The van der Waals surface area contributed by atoms with Gasteiger partial charge in [0, 0.05) is 25.0 Å². The number of aryl methyl sites for hydroxylation is 2. The molecule has 25 heavy (non-hydrogen) atoms. The first-order chi connectivity index (χ1) is 11.8. The third-order valence-electron chi connectivity index (χ3n) is 5.10. The van der Waals surface area contributed by atoms with Gasteiger partial charge in [0.2, 0.25) is 15.9 Å². The number of amides is 1. The second-order valence-corrected chi connectivity index (χ2v) is 8.69. The van der Waals surface area contributed by atoms with E-state index >= 15 is 0 Å². The Hall–Kier alpha value is -1.40. The summed E-state index contributed by atoms with van der Waals surface area (Å²) in [6.45, 7) is 9.02. The zero-order valence-electron chi connectivity index (χ0n) is 15.7. The van der Waals surface area contributed by atoms with E-state index in [4.69, 9.17) is 0 Å². The minimum atomic E-state index is -3.53. The van der Waals surface area contributed by atoms with Crippen molar-refractivity contribution in [2.24, 2.45) is 5.92 Å². The first kappa shape index (κ1) is 19.9. The molecule has 0 saturated carbocycles. The molecule has 1 aromatic rings. The SMILES string of the molecule is CCC(CC)C(=O)N1CCC(NS(=O)(=O)c2cc(C)ccc2C)CC1. The average molecular weight is 367 g/mol. The molecule has 1 N–H and O–H groups in total. The molecular weight excluding hydrogens is 336 g/mol. The van der Waals surface area contributed by atoms with E-state index in [0.717, 1.165) is 24.0 Å². The summed E-state index contributed by atoms with van der Waals surface area (Å²) < 4.78 is 28.2. The van der Waals surface area contributed by atoms with E-state index in [2.05, 4.69) is 4.72 Å². The monoisotopic (exact) mass is 366 g/mol. The predicted molar refractivity (Wildman–Crippen MR) is 99.9 cm³/mol. The number of hydrogen-bond acceptors (Lipinski definition) is 3. The van der Waals surface area contributed by atoms with Crippen molar-refractivity contribution in [1.29, 1.82) is 0 Å². The highest BCUT2D eigenvalue weighted by atomic mass is 32.2. The zero-order chi connectivity index (χ0) is 18.6. The highest BCUT2D eigenvalue weighted by molar-refractivity contribution is 7.89. The molecule has 0 bridgehead atoms. The Morgan fingerprint density at radius 1 is 1.20 bits per heavy atom. The van der Waals surface area contributed by atoms with Crippen LogP contribution in [0.3, 0.4) is 0 Å². The van der Waals surface area contributed by atoms with Gasteiger partial charge in [-0.2, -0.15) is 0 Å². The summed E-state index contributed by atoms with van der Waals surface area (Å²) in [6.07, 6.45) is 3.04. The van der Waals surface area contributed by atoms with E-state index in [-0.39, 0.29) is 17.9 Å². The number of nitrogens with one attached hydrogen (secondary N) is 1. The lowest BCUT2D eigenvalue weighted by atomic mass is 9.99. The minimum absolute atomic E-state index is 0.0863. The molecule has 0 radical (unpaired) electrons. The molecule has 1 aliphatic rings. The Morgan fingerprint density at radius 3 is 2.36 bits per heavy atom. The lowest BCUT2D eigenvalue weighted by molar-refractivity contribution is -0.136. The Bertz CT molecular complexity index is 703. The maximum Gasteiger partial charge on any atom is 0.241 e. The lowest BCUT2D eigenvalue weighted by Crippen LogP contribution is -2.48. The quantitative estimate of drug-likeness (QED) is 0.841. The lowest BCUT2D eigenvalue weighted by Gasteiger charge is -2.34. The number of benzene rings is 1. The second-order valence-electron chi connectivity index (χ2n) is 7.00. The molecule has 140 valence electrons. The smallest absolute Gasteiger partial charge is 0.241 e. The molecule has 0 aromatic heterocycles. The number of rotatable bonds is 6. The van der Waals surface area contributed by atoms with Crippen molar-refractivity contribution in [1.82, 2.24) is 9.62 Å². The van der Waals surface area contributed by atoms with Crippen LogP contribution >= 0.6 is 0 Å². The van der Waals surface area contributed by atoms with E-state index in [0.29, 0.717) is 30.8 Å². The molecule has 1 heterocycles. The zero-order valence-corrected chi connectivity index (χ0v) is 16.5. The van der Waals surface area contributed by atoms with Crippen molar-refractivity contribution in [2.45, 2.75) is 64.3 Å². The largest absolute Gasteiger partial charge is 0.342 e. The third kappa shape index (κ3) is 4.82. The summed E-state index contributed by atoms with van der Waals surface area (Å²) in [5.74, 6) is 0.295. The van der Waals surface area contributed by atoms with E-state index in [1.807, 2.05) is 44.7 Å². The number of carbonyl (C=O) groups excluding carboxylic acids is 1. The number of likely N-dealkylation sites (tertiary alicyclic amines) is 1. The Balaban J connectivity index is 2.00. The van der Waals surface area contributed by atoms with Gasteiger partial charge < -0.3 is 4.90 Å². The first-order valence-corrected chi connectivity index (χ1v) is 10.6. The van der Waals surface area contributed by atoms with Gasteiger partial charge in [-0.05, 0) is 56.7 Å². The van der Waals surface area contributed by atoms with E-state index in [1.54, 1.807) is 6.07 Å². The fourth-order valence-electron chi connectivity index (χ4n) is 3.39. The normalized spacial score (nSPS) is 16.4. The summed E-state index contributed by atoms with van der Waals surface area (Å²) in [6, 6.07) is 5.34. The van der Waals surface area contributed by atoms with Crippen molar-refractivity contribution < 1.29 is 13.2 Å². The van der Waals surface area contributed by atoms with Crippen LogP contribution in [0.1, 0.15) is 50.7 Å². The fraction of sp³-hybridized carbons (Fsp3) is 0.632. The van der Waals surface area contributed by atoms with Crippen molar-refractivity contribution in [3.63, 3.8) is 0 Å². The van der Waals surface area contributed by atoms with Gasteiger partial charge in [0.25, 0.3) is 0 Å². The molecule has 0 atom stereocenters. The van der Waals surface area contributed by atoms with Crippen molar-refractivity contribution >= 4 is 15.9 Å². The summed E-state index contributed by atoms with van der Waals surface area (Å²) in [5.41, 5.74) is 1.68. The summed E-state index contributed by atoms with van der Waals surface area (Å²) in [7, 11) is -3.53. The molecule has 0 unspecified atom stereocenters. The molecule has 1 aromatic carbocycles. The van der Waals surface area contributed by atoms with Gasteiger partial charge in [-0.15, -0.1) is 0 Å². The van der Waals surface area contributed by atoms with Gasteiger partial charge >= 0.3 is 0 Å². The number of hydrogen-bond donors (Lipinski definition) is 1. The molecule has 1 aliphatic heterocycles. The van der Waals surface area contributed by atoms with Crippen LogP contribution in [0.25, 0.3) is 0 Å². The second kappa shape index (κ2) is 8.32.